The molecule has 0 spiro atoms. The number of aromatic nitrogens is 3. The lowest BCUT2D eigenvalue weighted by Gasteiger charge is -2.07. The van der Waals surface area contributed by atoms with Crippen molar-refractivity contribution >= 4 is 29.1 Å². The van der Waals surface area contributed by atoms with Crippen molar-refractivity contribution in [2.75, 3.05) is 12.9 Å². The van der Waals surface area contributed by atoms with Crippen LogP contribution in [0.15, 0.2) is 47.6 Å². The fourth-order valence-electron chi connectivity index (χ4n) is 2.40. The summed E-state index contributed by atoms with van der Waals surface area (Å²) in [6.45, 7) is 0. The zero-order chi connectivity index (χ0) is 18.7. The molecule has 0 aliphatic rings. The van der Waals surface area contributed by atoms with Gasteiger partial charge in [0, 0.05) is 17.6 Å². The number of Topliss-reactive ketones (excluding diaryl/α,β-unsaturated/α-hetero) is 1. The molecule has 0 amide bonds. The van der Waals surface area contributed by atoms with Crippen molar-refractivity contribution in [3.63, 3.8) is 0 Å². The first-order chi connectivity index (χ1) is 12.5. The van der Waals surface area contributed by atoms with Gasteiger partial charge in [-0.1, -0.05) is 23.4 Å². The lowest BCUT2D eigenvalue weighted by Crippen LogP contribution is -2.06. The van der Waals surface area contributed by atoms with E-state index >= 15 is 0 Å². The molecule has 0 atom stereocenters. The third kappa shape index (κ3) is 3.89. The Bertz CT molecular complexity index is 944. The van der Waals surface area contributed by atoms with Gasteiger partial charge in [-0.2, -0.15) is 0 Å². The molecular weight excluding hydrogens is 377 g/mol. The Morgan fingerprint density at radius 2 is 1.96 bits per heavy atom. The van der Waals surface area contributed by atoms with Gasteiger partial charge in [-0.25, -0.2) is 4.39 Å². The number of benzene rings is 2. The Morgan fingerprint density at radius 3 is 2.65 bits per heavy atom. The van der Waals surface area contributed by atoms with E-state index in [9.17, 15) is 9.18 Å². The molecule has 3 aromatic rings. The number of rotatable bonds is 6. The molecular formula is C18H15ClFN3O2S. The van der Waals surface area contributed by atoms with Gasteiger partial charge in [-0.05, 0) is 42.5 Å². The van der Waals surface area contributed by atoms with Crippen molar-refractivity contribution in [3.8, 4) is 17.1 Å². The molecule has 134 valence electrons. The first-order valence-corrected chi connectivity index (χ1v) is 9.01. The van der Waals surface area contributed by atoms with Crippen molar-refractivity contribution in [3.05, 3.63) is 58.9 Å². The number of hydrogen-bond donors (Lipinski definition) is 0. The SMILES string of the molecule is COc1ccc(F)cc1C(=O)CSc1nnc(-c2ccc(Cl)cc2)n1C. The summed E-state index contributed by atoms with van der Waals surface area (Å²) in [5, 5.41) is 9.51. The topological polar surface area (TPSA) is 57.0 Å². The summed E-state index contributed by atoms with van der Waals surface area (Å²) >= 11 is 7.13. The van der Waals surface area contributed by atoms with Gasteiger partial charge in [-0.3, -0.25) is 4.79 Å². The van der Waals surface area contributed by atoms with E-state index in [0.717, 1.165) is 5.56 Å². The van der Waals surface area contributed by atoms with Crippen LogP contribution in [0.2, 0.25) is 5.02 Å². The maximum absolute atomic E-state index is 13.4. The largest absolute Gasteiger partial charge is 0.496 e. The van der Waals surface area contributed by atoms with E-state index in [2.05, 4.69) is 10.2 Å². The van der Waals surface area contributed by atoms with E-state index in [-0.39, 0.29) is 17.1 Å². The van der Waals surface area contributed by atoms with Crippen LogP contribution in [0.4, 0.5) is 4.39 Å². The molecule has 0 bridgehead atoms. The molecule has 0 radical (unpaired) electrons. The summed E-state index contributed by atoms with van der Waals surface area (Å²) in [6, 6.07) is 11.1. The Morgan fingerprint density at radius 1 is 1.23 bits per heavy atom. The van der Waals surface area contributed by atoms with E-state index in [0.29, 0.717) is 21.8 Å². The summed E-state index contributed by atoms with van der Waals surface area (Å²) in [5.41, 5.74) is 1.08. The van der Waals surface area contributed by atoms with Crippen LogP contribution in [0.25, 0.3) is 11.4 Å². The Labute approximate surface area is 159 Å². The number of carbonyl (C=O) groups is 1. The van der Waals surface area contributed by atoms with Crippen LogP contribution < -0.4 is 4.74 Å². The molecule has 0 saturated heterocycles. The maximum atomic E-state index is 13.4. The molecule has 0 aliphatic heterocycles. The van der Waals surface area contributed by atoms with Gasteiger partial charge < -0.3 is 9.30 Å². The van der Waals surface area contributed by atoms with Crippen molar-refractivity contribution in [1.82, 2.24) is 14.8 Å². The van der Waals surface area contributed by atoms with Crippen LogP contribution in [-0.2, 0) is 7.05 Å². The highest BCUT2D eigenvalue weighted by Gasteiger charge is 2.17. The molecule has 8 heteroatoms. The highest BCUT2D eigenvalue weighted by atomic mass is 35.5. The standard InChI is InChI=1S/C18H15ClFN3O2S/c1-23-17(11-3-5-12(19)6-4-11)21-22-18(23)26-10-15(24)14-9-13(20)7-8-16(14)25-2/h3-9H,10H2,1-2H3. The fourth-order valence-corrected chi connectivity index (χ4v) is 3.32. The number of ketones is 1. The summed E-state index contributed by atoms with van der Waals surface area (Å²) in [7, 11) is 3.26. The van der Waals surface area contributed by atoms with E-state index in [1.807, 2.05) is 19.2 Å². The first kappa shape index (κ1) is 18.4. The molecule has 0 fully saturated rings. The van der Waals surface area contributed by atoms with Crippen molar-refractivity contribution in [2.45, 2.75) is 5.16 Å². The van der Waals surface area contributed by atoms with Crippen LogP contribution in [0.5, 0.6) is 5.75 Å². The molecule has 5 nitrogen and oxygen atoms in total. The average Bonchev–Trinajstić information content (AvgIpc) is 3.01. The number of thioether (sulfide) groups is 1. The number of carbonyl (C=O) groups excluding carboxylic acids is 1. The lowest BCUT2D eigenvalue weighted by atomic mass is 10.1. The molecule has 0 aliphatic carbocycles. The number of halogens is 2. The lowest BCUT2D eigenvalue weighted by molar-refractivity contribution is 0.101. The maximum Gasteiger partial charge on any atom is 0.191 e. The highest BCUT2D eigenvalue weighted by molar-refractivity contribution is 7.99. The van der Waals surface area contributed by atoms with Gasteiger partial charge in [0.25, 0.3) is 0 Å². The molecule has 0 N–H and O–H groups in total. The highest BCUT2D eigenvalue weighted by Crippen LogP contribution is 2.26. The molecule has 26 heavy (non-hydrogen) atoms. The molecule has 3 rings (SSSR count). The molecule has 0 saturated carbocycles. The van der Waals surface area contributed by atoms with Crippen LogP contribution >= 0.6 is 23.4 Å². The van der Waals surface area contributed by atoms with Crippen molar-refractivity contribution < 1.29 is 13.9 Å². The average molecular weight is 392 g/mol. The normalized spacial score (nSPS) is 10.8. The number of nitrogens with zero attached hydrogens (tertiary/aromatic N) is 3. The Balaban J connectivity index is 1.75. The summed E-state index contributed by atoms with van der Waals surface area (Å²) < 4.78 is 20.4. The second kappa shape index (κ2) is 7.88. The smallest absolute Gasteiger partial charge is 0.191 e. The van der Waals surface area contributed by atoms with E-state index in [4.69, 9.17) is 16.3 Å². The quantitative estimate of drug-likeness (QED) is 0.464. The second-order valence-electron chi connectivity index (χ2n) is 5.43. The minimum Gasteiger partial charge on any atom is -0.496 e. The van der Waals surface area contributed by atoms with Gasteiger partial charge in [0.2, 0.25) is 0 Å². The summed E-state index contributed by atoms with van der Waals surface area (Å²) in [4.78, 5) is 12.4. The van der Waals surface area contributed by atoms with Crippen LogP contribution in [-0.4, -0.2) is 33.4 Å². The van der Waals surface area contributed by atoms with E-state index in [1.54, 1.807) is 16.7 Å². The van der Waals surface area contributed by atoms with Crippen LogP contribution in [0, 0.1) is 5.82 Å². The number of ether oxygens (including phenoxy) is 1. The van der Waals surface area contributed by atoms with Gasteiger partial charge in [0.1, 0.15) is 11.6 Å². The number of methoxy groups -OCH3 is 1. The van der Waals surface area contributed by atoms with Crippen molar-refractivity contribution in [2.24, 2.45) is 7.05 Å². The summed E-state index contributed by atoms with van der Waals surface area (Å²) in [5.74, 6) is 0.369. The van der Waals surface area contributed by atoms with Gasteiger partial charge >= 0.3 is 0 Å². The second-order valence-corrected chi connectivity index (χ2v) is 6.81. The van der Waals surface area contributed by atoms with Crippen molar-refractivity contribution in [1.29, 1.82) is 0 Å². The molecule has 1 aromatic heterocycles. The van der Waals surface area contributed by atoms with Crippen LogP contribution in [0.3, 0.4) is 0 Å². The predicted octanol–water partition coefficient (Wildman–Crippen LogP) is 4.26. The zero-order valence-electron chi connectivity index (χ0n) is 14.1. The molecule has 0 unspecified atom stereocenters. The minimum atomic E-state index is -0.483. The Kier molecular flexibility index (Phi) is 5.58. The van der Waals surface area contributed by atoms with Crippen LogP contribution in [0.1, 0.15) is 10.4 Å². The summed E-state index contributed by atoms with van der Waals surface area (Å²) in [6.07, 6.45) is 0. The van der Waals surface area contributed by atoms with Gasteiger partial charge in [-0.15, -0.1) is 10.2 Å². The predicted molar refractivity (Wildman–Crippen MR) is 99.5 cm³/mol. The first-order valence-electron chi connectivity index (χ1n) is 7.64. The van der Waals surface area contributed by atoms with Gasteiger partial charge in [0.15, 0.2) is 16.8 Å². The van der Waals surface area contributed by atoms with E-state index < -0.39 is 5.82 Å². The molecule has 1 heterocycles. The zero-order valence-corrected chi connectivity index (χ0v) is 15.6. The fraction of sp³-hybridized carbons (Fsp3) is 0.167. The van der Waals surface area contributed by atoms with E-state index in [1.165, 1.54) is 37.1 Å². The van der Waals surface area contributed by atoms with Gasteiger partial charge in [0.05, 0.1) is 18.4 Å². The third-order valence-electron chi connectivity index (χ3n) is 3.73. The minimum absolute atomic E-state index is 0.0897. The number of hydrogen-bond acceptors (Lipinski definition) is 5. The monoisotopic (exact) mass is 391 g/mol. The molecule has 2 aromatic carbocycles. The third-order valence-corrected chi connectivity index (χ3v) is 5.00. The Hall–Kier alpha value is -2.38.